The molecule has 1 atom stereocenters. The van der Waals surface area contributed by atoms with Gasteiger partial charge in [0.2, 0.25) is 5.13 Å². The van der Waals surface area contributed by atoms with Crippen molar-refractivity contribution in [1.29, 1.82) is 0 Å². The average molecular weight is 212 g/mol. The fourth-order valence-electron chi connectivity index (χ4n) is 1.52. The molecule has 0 amide bonds. The minimum Gasteiger partial charge on any atom is -0.358 e. The van der Waals surface area contributed by atoms with Crippen LogP contribution >= 0.6 is 11.5 Å². The molecule has 0 saturated heterocycles. The largest absolute Gasteiger partial charge is 0.358 e. The molecular weight excluding hydrogens is 196 g/mol. The van der Waals surface area contributed by atoms with Gasteiger partial charge in [-0.25, -0.2) is 4.98 Å². The van der Waals surface area contributed by atoms with Gasteiger partial charge in [-0.1, -0.05) is 0 Å². The van der Waals surface area contributed by atoms with Gasteiger partial charge in [0.15, 0.2) is 0 Å². The first-order chi connectivity index (χ1) is 6.58. The second kappa shape index (κ2) is 3.47. The molecule has 3 N–H and O–H groups in total. The standard InChI is InChI=1S/C9H16N4S/c1-6-12-8(14-13-6)11-5-9(2,10)7-3-4-7/h7H,3-5,10H2,1-2H3,(H,11,12,13). The Balaban J connectivity index is 1.87. The maximum absolute atomic E-state index is 6.17. The van der Waals surface area contributed by atoms with Crippen molar-refractivity contribution >= 4 is 16.7 Å². The lowest BCUT2D eigenvalue weighted by Crippen LogP contribution is -2.45. The maximum atomic E-state index is 6.17. The number of anilines is 1. The van der Waals surface area contributed by atoms with E-state index in [-0.39, 0.29) is 5.54 Å². The van der Waals surface area contributed by atoms with Gasteiger partial charge in [-0.2, -0.15) is 4.37 Å². The molecule has 14 heavy (non-hydrogen) atoms. The van der Waals surface area contributed by atoms with Gasteiger partial charge in [0, 0.05) is 23.6 Å². The molecule has 0 spiro atoms. The van der Waals surface area contributed by atoms with Crippen LogP contribution < -0.4 is 11.1 Å². The Hall–Kier alpha value is -0.680. The Morgan fingerprint density at radius 2 is 2.36 bits per heavy atom. The van der Waals surface area contributed by atoms with Crippen molar-refractivity contribution < 1.29 is 0 Å². The summed E-state index contributed by atoms with van der Waals surface area (Å²) >= 11 is 1.39. The van der Waals surface area contributed by atoms with Gasteiger partial charge in [0.05, 0.1) is 0 Å². The molecule has 78 valence electrons. The summed E-state index contributed by atoms with van der Waals surface area (Å²) in [6, 6.07) is 0. The summed E-state index contributed by atoms with van der Waals surface area (Å²) in [6.45, 7) is 4.78. The molecule has 4 nitrogen and oxygen atoms in total. The Bertz CT molecular complexity index is 316. The summed E-state index contributed by atoms with van der Waals surface area (Å²) in [6.07, 6.45) is 2.54. The molecule has 1 aromatic heterocycles. The highest BCUT2D eigenvalue weighted by molar-refractivity contribution is 7.09. The van der Waals surface area contributed by atoms with E-state index in [1.807, 2.05) is 6.92 Å². The molecule has 1 aromatic rings. The molecular formula is C9H16N4S. The van der Waals surface area contributed by atoms with Crippen LogP contribution in [0.4, 0.5) is 5.13 Å². The van der Waals surface area contributed by atoms with Crippen molar-refractivity contribution in [3.8, 4) is 0 Å². The van der Waals surface area contributed by atoms with Crippen molar-refractivity contribution in [2.75, 3.05) is 11.9 Å². The van der Waals surface area contributed by atoms with E-state index in [4.69, 9.17) is 5.73 Å². The van der Waals surface area contributed by atoms with Gasteiger partial charge in [0.1, 0.15) is 5.82 Å². The molecule has 1 aliphatic rings. The van der Waals surface area contributed by atoms with Crippen molar-refractivity contribution in [2.45, 2.75) is 32.2 Å². The van der Waals surface area contributed by atoms with Gasteiger partial charge in [-0.15, -0.1) is 0 Å². The van der Waals surface area contributed by atoms with Crippen LogP contribution in [0.5, 0.6) is 0 Å². The zero-order valence-electron chi connectivity index (χ0n) is 8.58. The van der Waals surface area contributed by atoms with E-state index in [2.05, 4.69) is 21.6 Å². The van der Waals surface area contributed by atoms with E-state index in [9.17, 15) is 0 Å². The molecule has 0 bridgehead atoms. The summed E-state index contributed by atoms with van der Waals surface area (Å²) in [5.41, 5.74) is 6.07. The number of rotatable bonds is 4. The van der Waals surface area contributed by atoms with Crippen LogP contribution in [0.15, 0.2) is 0 Å². The monoisotopic (exact) mass is 212 g/mol. The number of nitrogens with one attached hydrogen (secondary N) is 1. The Morgan fingerprint density at radius 1 is 1.64 bits per heavy atom. The van der Waals surface area contributed by atoms with E-state index >= 15 is 0 Å². The van der Waals surface area contributed by atoms with E-state index in [0.29, 0.717) is 5.92 Å². The minimum absolute atomic E-state index is 0.0976. The number of aryl methyl sites for hydroxylation is 1. The normalized spacial score (nSPS) is 20.5. The van der Waals surface area contributed by atoms with Crippen LogP contribution in [-0.2, 0) is 0 Å². The van der Waals surface area contributed by atoms with Crippen molar-refractivity contribution in [3.05, 3.63) is 5.82 Å². The quantitative estimate of drug-likeness (QED) is 0.791. The van der Waals surface area contributed by atoms with Crippen LogP contribution in [0.1, 0.15) is 25.6 Å². The molecule has 5 heteroatoms. The Kier molecular flexibility index (Phi) is 2.45. The fourth-order valence-corrected chi connectivity index (χ4v) is 2.09. The van der Waals surface area contributed by atoms with E-state index < -0.39 is 0 Å². The van der Waals surface area contributed by atoms with Gasteiger partial charge in [-0.05, 0) is 32.6 Å². The Morgan fingerprint density at radius 3 is 2.86 bits per heavy atom. The van der Waals surface area contributed by atoms with Crippen molar-refractivity contribution in [1.82, 2.24) is 9.36 Å². The number of nitrogens with zero attached hydrogens (tertiary/aromatic N) is 2. The van der Waals surface area contributed by atoms with E-state index in [0.717, 1.165) is 17.5 Å². The second-order valence-electron chi connectivity index (χ2n) is 4.28. The van der Waals surface area contributed by atoms with Crippen LogP contribution in [0.2, 0.25) is 0 Å². The predicted octanol–water partition coefficient (Wildman–Crippen LogP) is 1.39. The maximum Gasteiger partial charge on any atom is 0.202 e. The van der Waals surface area contributed by atoms with Crippen molar-refractivity contribution in [3.63, 3.8) is 0 Å². The van der Waals surface area contributed by atoms with E-state index in [1.165, 1.54) is 24.4 Å². The van der Waals surface area contributed by atoms with Crippen LogP contribution in [0.25, 0.3) is 0 Å². The molecule has 1 saturated carbocycles. The molecule has 0 radical (unpaired) electrons. The average Bonchev–Trinajstić information content (AvgIpc) is 2.89. The van der Waals surface area contributed by atoms with Gasteiger partial charge in [-0.3, -0.25) is 0 Å². The zero-order valence-corrected chi connectivity index (χ0v) is 9.40. The van der Waals surface area contributed by atoms with E-state index in [1.54, 1.807) is 0 Å². The van der Waals surface area contributed by atoms with Crippen molar-refractivity contribution in [2.24, 2.45) is 11.7 Å². The highest BCUT2D eigenvalue weighted by Crippen LogP contribution is 2.38. The third-order valence-electron chi connectivity index (χ3n) is 2.66. The topological polar surface area (TPSA) is 63.8 Å². The van der Waals surface area contributed by atoms with Gasteiger partial charge < -0.3 is 11.1 Å². The Labute approximate surface area is 88.1 Å². The molecule has 1 unspecified atom stereocenters. The third-order valence-corrected chi connectivity index (χ3v) is 3.42. The fraction of sp³-hybridized carbons (Fsp3) is 0.778. The summed E-state index contributed by atoms with van der Waals surface area (Å²) in [4.78, 5) is 4.23. The lowest BCUT2D eigenvalue weighted by atomic mass is 9.98. The third kappa shape index (κ3) is 2.22. The zero-order chi connectivity index (χ0) is 10.2. The predicted molar refractivity (Wildman–Crippen MR) is 58.5 cm³/mol. The highest BCUT2D eigenvalue weighted by atomic mass is 32.1. The molecule has 0 aliphatic heterocycles. The lowest BCUT2D eigenvalue weighted by Gasteiger charge is -2.24. The first-order valence-corrected chi connectivity index (χ1v) is 5.68. The van der Waals surface area contributed by atoms with Gasteiger partial charge in [0.25, 0.3) is 0 Å². The number of hydrogen-bond donors (Lipinski definition) is 2. The molecule has 1 fully saturated rings. The van der Waals surface area contributed by atoms with Crippen LogP contribution in [0.3, 0.4) is 0 Å². The number of hydrogen-bond acceptors (Lipinski definition) is 5. The smallest absolute Gasteiger partial charge is 0.202 e. The first-order valence-electron chi connectivity index (χ1n) is 4.91. The number of nitrogens with two attached hydrogens (primary N) is 1. The summed E-state index contributed by atoms with van der Waals surface area (Å²) in [7, 11) is 0. The molecule has 1 aliphatic carbocycles. The summed E-state index contributed by atoms with van der Waals surface area (Å²) in [5, 5.41) is 4.12. The SMILES string of the molecule is Cc1nsc(NCC(C)(N)C2CC2)n1. The molecule has 0 aromatic carbocycles. The number of aromatic nitrogens is 2. The first kappa shape index (κ1) is 9.86. The van der Waals surface area contributed by atoms with Crippen LogP contribution in [-0.4, -0.2) is 21.4 Å². The van der Waals surface area contributed by atoms with Crippen LogP contribution in [0, 0.1) is 12.8 Å². The lowest BCUT2D eigenvalue weighted by molar-refractivity contribution is 0.432. The van der Waals surface area contributed by atoms with Gasteiger partial charge >= 0.3 is 0 Å². The summed E-state index contributed by atoms with van der Waals surface area (Å²) < 4.78 is 4.11. The molecule has 2 rings (SSSR count). The molecule has 1 heterocycles. The second-order valence-corrected chi connectivity index (χ2v) is 5.03. The highest BCUT2D eigenvalue weighted by Gasteiger charge is 2.38. The minimum atomic E-state index is -0.0976. The summed E-state index contributed by atoms with van der Waals surface area (Å²) in [5.74, 6) is 1.51.